The molecule has 1 aromatic heterocycles. The van der Waals surface area contributed by atoms with Gasteiger partial charge in [0.2, 0.25) is 0 Å². The zero-order valence-corrected chi connectivity index (χ0v) is 18.7. The van der Waals surface area contributed by atoms with Crippen LogP contribution in [0.5, 0.6) is 5.75 Å². The molecule has 2 atom stereocenters. The van der Waals surface area contributed by atoms with Gasteiger partial charge < -0.3 is 18.6 Å². The van der Waals surface area contributed by atoms with Gasteiger partial charge in [-0.05, 0) is 51.8 Å². The van der Waals surface area contributed by atoms with Crippen LogP contribution in [0, 0.1) is 5.92 Å². The molecule has 2 heterocycles. The maximum absolute atomic E-state index is 12.6. The summed E-state index contributed by atoms with van der Waals surface area (Å²) in [5.41, 5.74) is -0.496. The molecule has 0 aliphatic carbocycles. The molecule has 0 N–H and O–H groups in total. The fourth-order valence-corrected chi connectivity index (χ4v) is 3.54. The van der Waals surface area contributed by atoms with Gasteiger partial charge in [0.15, 0.2) is 12.2 Å². The van der Waals surface area contributed by atoms with E-state index in [4.69, 9.17) is 18.6 Å². The maximum atomic E-state index is 12.6. The lowest BCUT2D eigenvalue weighted by atomic mass is 9.93. The second-order valence-electron chi connectivity index (χ2n) is 8.66. The minimum absolute atomic E-state index is 0.133. The van der Waals surface area contributed by atoms with Crippen molar-refractivity contribution in [3.8, 4) is 5.75 Å². The average Bonchev–Trinajstić information content (AvgIpc) is 3.05. The number of hydrogen-bond acceptors (Lipinski definition) is 7. The molecule has 0 saturated carbocycles. The third-order valence-electron chi connectivity index (χ3n) is 5.23. The van der Waals surface area contributed by atoms with E-state index in [1.165, 1.54) is 6.07 Å². The first-order chi connectivity index (χ1) is 14.5. The minimum atomic E-state index is -1.12. The monoisotopic (exact) mass is 428 g/mol. The van der Waals surface area contributed by atoms with E-state index in [9.17, 15) is 14.4 Å². The summed E-state index contributed by atoms with van der Waals surface area (Å²) in [5, 5.41) is 0.668. The fraction of sp³-hybridized carbons (Fsp3) is 0.458. The summed E-state index contributed by atoms with van der Waals surface area (Å²) >= 11 is 0. The Bertz CT molecular complexity index is 1090. The molecule has 3 rings (SSSR count). The van der Waals surface area contributed by atoms with Gasteiger partial charge in [-0.2, -0.15) is 0 Å². The summed E-state index contributed by atoms with van der Waals surface area (Å²) in [5.74, 6) is -0.357. The number of benzene rings is 1. The Balaban J connectivity index is 2.07. The van der Waals surface area contributed by atoms with Crippen LogP contribution in [-0.4, -0.2) is 23.6 Å². The fourth-order valence-electron chi connectivity index (χ4n) is 3.54. The molecule has 166 valence electrons. The van der Waals surface area contributed by atoms with Crippen LogP contribution in [0.15, 0.2) is 45.1 Å². The normalized spacial score (nSPS) is 18.6. The van der Waals surface area contributed by atoms with E-state index in [0.29, 0.717) is 22.3 Å². The van der Waals surface area contributed by atoms with E-state index in [-0.39, 0.29) is 23.9 Å². The van der Waals surface area contributed by atoms with Crippen molar-refractivity contribution in [3.05, 3.63) is 51.9 Å². The van der Waals surface area contributed by atoms with Crippen LogP contribution in [-0.2, 0) is 19.1 Å². The summed E-state index contributed by atoms with van der Waals surface area (Å²) in [4.78, 5) is 36.9. The van der Waals surface area contributed by atoms with Crippen molar-refractivity contribution in [2.45, 2.75) is 65.8 Å². The van der Waals surface area contributed by atoms with Gasteiger partial charge in [-0.15, -0.1) is 0 Å². The summed E-state index contributed by atoms with van der Waals surface area (Å²) < 4.78 is 23.1. The molecule has 0 radical (unpaired) electrons. The second-order valence-corrected chi connectivity index (χ2v) is 8.66. The van der Waals surface area contributed by atoms with E-state index >= 15 is 0 Å². The molecule has 0 saturated heterocycles. The largest absolute Gasteiger partial charge is 0.481 e. The lowest BCUT2D eigenvalue weighted by Crippen LogP contribution is -2.46. The molecule has 0 unspecified atom stereocenters. The molecule has 0 amide bonds. The van der Waals surface area contributed by atoms with Gasteiger partial charge in [-0.1, -0.05) is 19.9 Å². The zero-order valence-electron chi connectivity index (χ0n) is 18.7. The molecule has 7 heteroatoms. The first kappa shape index (κ1) is 22.6. The first-order valence-corrected chi connectivity index (χ1v) is 10.3. The van der Waals surface area contributed by atoms with Gasteiger partial charge in [0, 0.05) is 23.4 Å². The Morgan fingerprint density at radius 3 is 2.52 bits per heavy atom. The standard InChI is InChI=1S/C24H28O7/c1-7-14(4)23(27)30-21-19-16(10-8-15-9-11-17(25)29-20(15)19)28-22(21)24(5,6)31-18(26)12-13(2)3/h7-11,13,21-22H,12H2,1-6H3/t21-,22+/m0/s1. The smallest absolute Gasteiger partial charge is 0.336 e. The number of esters is 2. The van der Waals surface area contributed by atoms with Crippen LogP contribution in [0.2, 0.25) is 0 Å². The molecule has 31 heavy (non-hydrogen) atoms. The summed E-state index contributed by atoms with van der Waals surface area (Å²) in [6, 6.07) is 6.45. The van der Waals surface area contributed by atoms with Crippen molar-refractivity contribution in [2.24, 2.45) is 5.92 Å². The number of carbonyl (C=O) groups excluding carboxylic acids is 2. The van der Waals surface area contributed by atoms with Crippen LogP contribution >= 0.6 is 0 Å². The number of allylic oxidation sites excluding steroid dienone is 1. The second kappa shape index (κ2) is 8.57. The number of hydrogen-bond donors (Lipinski definition) is 0. The van der Waals surface area contributed by atoms with Crippen molar-refractivity contribution in [2.75, 3.05) is 0 Å². The molecule has 1 aliphatic rings. The van der Waals surface area contributed by atoms with Crippen LogP contribution in [0.4, 0.5) is 0 Å². The van der Waals surface area contributed by atoms with Crippen LogP contribution in [0.1, 0.15) is 59.6 Å². The Morgan fingerprint density at radius 1 is 1.19 bits per heavy atom. The summed E-state index contributed by atoms with van der Waals surface area (Å²) in [7, 11) is 0. The molecule has 0 bridgehead atoms. The predicted octanol–water partition coefficient (Wildman–Crippen LogP) is 4.47. The van der Waals surface area contributed by atoms with E-state index < -0.39 is 29.4 Å². The van der Waals surface area contributed by atoms with Gasteiger partial charge in [0.25, 0.3) is 0 Å². The third kappa shape index (κ3) is 4.65. The SMILES string of the molecule is CC=C(C)C(=O)O[C@H]1c2c(ccc3ccc(=O)oc23)O[C@H]1C(C)(C)OC(=O)CC(C)C. The maximum Gasteiger partial charge on any atom is 0.336 e. The Hall–Kier alpha value is -3.09. The highest BCUT2D eigenvalue weighted by Gasteiger charge is 2.50. The highest BCUT2D eigenvalue weighted by atomic mass is 16.6. The van der Waals surface area contributed by atoms with Gasteiger partial charge in [0.1, 0.15) is 16.9 Å². The zero-order chi connectivity index (χ0) is 22.9. The lowest BCUT2D eigenvalue weighted by molar-refractivity contribution is -0.176. The van der Waals surface area contributed by atoms with Crippen molar-refractivity contribution in [1.82, 2.24) is 0 Å². The molecule has 2 aromatic rings. The number of rotatable bonds is 6. The Labute approximate surface area is 181 Å². The molecular weight excluding hydrogens is 400 g/mol. The number of ether oxygens (including phenoxy) is 3. The van der Waals surface area contributed by atoms with Gasteiger partial charge in [-0.3, -0.25) is 4.79 Å². The van der Waals surface area contributed by atoms with Crippen molar-refractivity contribution in [1.29, 1.82) is 0 Å². The average molecular weight is 428 g/mol. The van der Waals surface area contributed by atoms with E-state index in [1.54, 1.807) is 52.0 Å². The molecule has 1 aromatic carbocycles. The summed E-state index contributed by atoms with van der Waals surface area (Å²) in [6.07, 6.45) is 0.130. The van der Waals surface area contributed by atoms with Crippen LogP contribution < -0.4 is 10.4 Å². The number of fused-ring (bicyclic) bond motifs is 3. The van der Waals surface area contributed by atoms with Crippen molar-refractivity contribution >= 4 is 22.9 Å². The van der Waals surface area contributed by atoms with E-state index in [1.807, 2.05) is 13.8 Å². The molecule has 7 nitrogen and oxygen atoms in total. The Kier molecular flexibility index (Phi) is 6.25. The highest BCUT2D eigenvalue weighted by molar-refractivity contribution is 5.89. The van der Waals surface area contributed by atoms with Gasteiger partial charge >= 0.3 is 17.6 Å². The van der Waals surface area contributed by atoms with Crippen LogP contribution in [0.3, 0.4) is 0 Å². The number of carbonyl (C=O) groups is 2. The van der Waals surface area contributed by atoms with Crippen molar-refractivity contribution in [3.63, 3.8) is 0 Å². The highest BCUT2D eigenvalue weighted by Crippen LogP contribution is 2.47. The van der Waals surface area contributed by atoms with Gasteiger partial charge in [-0.25, -0.2) is 9.59 Å². The van der Waals surface area contributed by atoms with Gasteiger partial charge in [0.05, 0.1) is 5.56 Å². The van der Waals surface area contributed by atoms with Crippen LogP contribution in [0.25, 0.3) is 11.0 Å². The lowest BCUT2D eigenvalue weighted by Gasteiger charge is -2.34. The molecule has 0 spiro atoms. The molecule has 1 aliphatic heterocycles. The Morgan fingerprint density at radius 2 is 1.87 bits per heavy atom. The van der Waals surface area contributed by atoms with E-state index in [2.05, 4.69) is 0 Å². The molecular formula is C24H28O7. The predicted molar refractivity (Wildman–Crippen MR) is 115 cm³/mol. The topological polar surface area (TPSA) is 92.0 Å². The molecule has 0 fully saturated rings. The minimum Gasteiger partial charge on any atom is -0.481 e. The quantitative estimate of drug-likeness (QED) is 0.381. The van der Waals surface area contributed by atoms with E-state index in [0.717, 1.165) is 0 Å². The third-order valence-corrected chi connectivity index (χ3v) is 5.23. The first-order valence-electron chi connectivity index (χ1n) is 10.3. The summed E-state index contributed by atoms with van der Waals surface area (Å²) in [6.45, 7) is 10.7. The van der Waals surface area contributed by atoms with Crippen molar-refractivity contribution < 1.29 is 28.2 Å².